The van der Waals surface area contributed by atoms with Crippen LogP contribution in [0.3, 0.4) is 0 Å². The molecule has 1 aromatic heterocycles. The number of nitrogens with two attached hydrogens (primary N) is 1. The monoisotopic (exact) mass is 271 g/mol. The Hall–Kier alpha value is -0.420. The molecule has 0 saturated carbocycles. The average molecular weight is 271 g/mol. The van der Waals surface area contributed by atoms with Crippen LogP contribution >= 0.6 is 23.3 Å². The van der Waals surface area contributed by atoms with Crippen molar-refractivity contribution >= 4 is 34.1 Å². The van der Waals surface area contributed by atoms with Crippen molar-refractivity contribution in [1.82, 2.24) is 4.37 Å². The minimum absolute atomic E-state index is 0.581. The van der Waals surface area contributed by atoms with E-state index in [-0.39, 0.29) is 0 Å². The van der Waals surface area contributed by atoms with Crippen LogP contribution in [0.15, 0.2) is 4.90 Å². The third-order valence-corrected chi connectivity index (χ3v) is 5.56. The molecule has 3 atom stereocenters. The number of rotatable bonds is 2. The fraction of sp³-hybridized carbons (Fsp3) is 0.750. The van der Waals surface area contributed by atoms with Gasteiger partial charge in [0.25, 0.3) is 0 Å². The largest absolute Gasteiger partial charge is 0.382 e. The molecule has 1 aliphatic rings. The van der Waals surface area contributed by atoms with Crippen LogP contribution in [0.2, 0.25) is 0 Å². The Morgan fingerprint density at radius 2 is 2.12 bits per heavy atom. The fourth-order valence-electron chi connectivity index (χ4n) is 2.64. The first-order valence-electron chi connectivity index (χ1n) is 6.10. The van der Waals surface area contributed by atoms with Crippen LogP contribution in [0.4, 0.5) is 10.8 Å². The van der Waals surface area contributed by atoms with Crippen molar-refractivity contribution in [3.8, 4) is 0 Å². The van der Waals surface area contributed by atoms with E-state index in [1.54, 1.807) is 23.3 Å². The zero-order valence-corrected chi connectivity index (χ0v) is 12.6. The highest BCUT2D eigenvalue weighted by atomic mass is 32.2. The zero-order valence-electron chi connectivity index (χ0n) is 10.9. The lowest BCUT2D eigenvalue weighted by atomic mass is 9.86. The van der Waals surface area contributed by atoms with Crippen molar-refractivity contribution in [3.63, 3.8) is 0 Å². The lowest BCUT2D eigenvalue weighted by Crippen LogP contribution is -2.45. The molecule has 96 valence electrons. The van der Waals surface area contributed by atoms with Gasteiger partial charge in [0, 0.05) is 12.6 Å². The number of nitrogen functional groups attached to an aromatic ring is 1. The summed E-state index contributed by atoms with van der Waals surface area (Å²) in [5.74, 6) is 2.17. The third kappa shape index (κ3) is 2.40. The molecule has 1 saturated heterocycles. The third-order valence-electron chi connectivity index (χ3n) is 3.72. The SMILES string of the molecule is CSc1c(N)nsc1N1CC(C)CC(C)C1C. The van der Waals surface area contributed by atoms with Crippen LogP contribution in [-0.2, 0) is 0 Å². The molecular formula is C12H21N3S2. The summed E-state index contributed by atoms with van der Waals surface area (Å²) < 4.78 is 4.30. The molecule has 2 rings (SSSR count). The first kappa shape index (κ1) is 13.0. The van der Waals surface area contributed by atoms with E-state index >= 15 is 0 Å². The number of aromatic nitrogens is 1. The Balaban J connectivity index is 2.31. The van der Waals surface area contributed by atoms with Gasteiger partial charge in [-0.25, -0.2) is 0 Å². The summed E-state index contributed by atoms with van der Waals surface area (Å²) in [5, 5.41) is 1.26. The minimum atomic E-state index is 0.581. The van der Waals surface area contributed by atoms with Gasteiger partial charge in [0.05, 0.1) is 4.90 Å². The predicted octanol–water partition coefficient (Wildman–Crippen LogP) is 3.32. The van der Waals surface area contributed by atoms with Crippen LogP contribution < -0.4 is 10.6 Å². The van der Waals surface area contributed by atoms with E-state index in [1.165, 1.54) is 11.4 Å². The van der Waals surface area contributed by atoms with E-state index in [1.807, 2.05) is 0 Å². The van der Waals surface area contributed by atoms with Gasteiger partial charge in [-0.1, -0.05) is 13.8 Å². The summed E-state index contributed by atoms with van der Waals surface area (Å²) in [6.45, 7) is 8.12. The van der Waals surface area contributed by atoms with Gasteiger partial charge in [-0.15, -0.1) is 11.8 Å². The quantitative estimate of drug-likeness (QED) is 0.838. The summed E-state index contributed by atoms with van der Waals surface area (Å²) in [7, 11) is 0. The minimum Gasteiger partial charge on any atom is -0.382 e. The summed E-state index contributed by atoms with van der Waals surface area (Å²) in [4.78, 5) is 3.65. The van der Waals surface area contributed by atoms with E-state index in [9.17, 15) is 0 Å². The predicted molar refractivity (Wildman–Crippen MR) is 78.1 cm³/mol. The summed E-state index contributed by atoms with van der Waals surface area (Å²) in [5.41, 5.74) is 5.93. The molecular weight excluding hydrogens is 250 g/mol. The van der Waals surface area contributed by atoms with E-state index in [0.717, 1.165) is 23.3 Å². The molecule has 0 spiro atoms. The van der Waals surface area contributed by atoms with Crippen LogP contribution in [0, 0.1) is 11.8 Å². The number of hydrogen-bond acceptors (Lipinski definition) is 5. The molecule has 0 bridgehead atoms. The summed E-state index contributed by atoms with van der Waals surface area (Å²) in [6.07, 6.45) is 3.39. The number of piperidine rings is 1. The number of anilines is 2. The van der Waals surface area contributed by atoms with Gasteiger partial charge >= 0.3 is 0 Å². The molecule has 0 aliphatic carbocycles. The van der Waals surface area contributed by atoms with E-state index < -0.39 is 0 Å². The van der Waals surface area contributed by atoms with Gasteiger partial charge < -0.3 is 10.6 Å². The second-order valence-corrected chi connectivity index (χ2v) is 6.69. The van der Waals surface area contributed by atoms with Gasteiger partial charge in [-0.2, -0.15) is 4.37 Å². The van der Waals surface area contributed by atoms with Crippen molar-refractivity contribution in [3.05, 3.63) is 0 Å². The Bertz CT molecular complexity index is 391. The Morgan fingerprint density at radius 3 is 2.76 bits per heavy atom. The van der Waals surface area contributed by atoms with Crippen LogP contribution in [0.5, 0.6) is 0 Å². The van der Waals surface area contributed by atoms with Crippen molar-refractivity contribution in [2.45, 2.75) is 38.1 Å². The molecule has 1 fully saturated rings. The zero-order chi connectivity index (χ0) is 12.6. The highest BCUT2D eigenvalue weighted by Gasteiger charge is 2.31. The highest BCUT2D eigenvalue weighted by Crippen LogP contribution is 2.41. The lowest BCUT2D eigenvalue weighted by Gasteiger charge is -2.42. The fourth-order valence-corrected chi connectivity index (χ4v) is 4.42. The highest BCUT2D eigenvalue weighted by molar-refractivity contribution is 7.99. The molecule has 17 heavy (non-hydrogen) atoms. The second kappa shape index (κ2) is 5.06. The van der Waals surface area contributed by atoms with Crippen LogP contribution in [0.1, 0.15) is 27.2 Å². The molecule has 0 aromatic carbocycles. The first-order chi connectivity index (χ1) is 8.04. The molecule has 2 N–H and O–H groups in total. The second-order valence-electron chi connectivity index (χ2n) is 5.12. The number of nitrogens with zero attached hydrogens (tertiary/aromatic N) is 2. The van der Waals surface area contributed by atoms with E-state index in [0.29, 0.717) is 11.9 Å². The Kier molecular flexibility index (Phi) is 3.88. The number of thioether (sulfide) groups is 1. The molecule has 0 amide bonds. The Morgan fingerprint density at radius 1 is 1.41 bits per heavy atom. The molecule has 1 aromatic rings. The smallest absolute Gasteiger partial charge is 0.153 e. The first-order valence-corrected chi connectivity index (χ1v) is 8.10. The molecule has 3 unspecified atom stereocenters. The standard InChI is InChI=1S/C12H21N3S2/c1-7-5-8(2)9(3)15(6-7)12-10(16-4)11(13)14-17-12/h7-9H,5-6H2,1-4H3,(H2,13,14). The molecule has 1 aliphatic heterocycles. The lowest BCUT2D eigenvalue weighted by molar-refractivity contribution is 0.297. The maximum Gasteiger partial charge on any atom is 0.153 e. The van der Waals surface area contributed by atoms with E-state index in [4.69, 9.17) is 5.73 Å². The van der Waals surface area contributed by atoms with Crippen LogP contribution in [-0.4, -0.2) is 23.2 Å². The van der Waals surface area contributed by atoms with E-state index in [2.05, 4.69) is 36.3 Å². The average Bonchev–Trinajstić information content (AvgIpc) is 2.64. The van der Waals surface area contributed by atoms with Crippen LogP contribution in [0.25, 0.3) is 0 Å². The summed E-state index contributed by atoms with van der Waals surface area (Å²) in [6, 6.07) is 0.581. The molecule has 0 radical (unpaired) electrons. The van der Waals surface area contributed by atoms with Gasteiger partial charge in [-0.3, -0.25) is 0 Å². The maximum atomic E-state index is 5.93. The Labute approximate surface area is 112 Å². The topological polar surface area (TPSA) is 42.1 Å². The van der Waals surface area contributed by atoms with Crippen molar-refractivity contribution < 1.29 is 0 Å². The molecule has 3 nitrogen and oxygen atoms in total. The maximum absolute atomic E-state index is 5.93. The van der Waals surface area contributed by atoms with Crippen molar-refractivity contribution in [1.29, 1.82) is 0 Å². The molecule has 5 heteroatoms. The number of hydrogen-bond donors (Lipinski definition) is 1. The summed E-state index contributed by atoms with van der Waals surface area (Å²) >= 11 is 3.25. The van der Waals surface area contributed by atoms with Gasteiger partial charge in [0.2, 0.25) is 0 Å². The van der Waals surface area contributed by atoms with Crippen molar-refractivity contribution in [2.75, 3.05) is 23.4 Å². The van der Waals surface area contributed by atoms with Gasteiger partial charge in [-0.05, 0) is 43.0 Å². The van der Waals surface area contributed by atoms with Gasteiger partial charge in [0.1, 0.15) is 5.00 Å². The molecule has 2 heterocycles. The normalized spacial score (nSPS) is 29.6. The van der Waals surface area contributed by atoms with Crippen molar-refractivity contribution in [2.24, 2.45) is 11.8 Å². The van der Waals surface area contributed by atoms with Gasteiger partial charge in [0.15, 0.2) is 5.82 Å².